The molecule has 0 amide bonds. The zero-order valence-electron chi connectivity index (χ0n) is 14.4. The van der Waals surface area contributed by atoms with Crippen molar-refractivity contribution >= 4 is 65.9 Å². The third-order valence-electron chi connectivity index (χ3n) is 5.27. The second-order valence-electron chi connectivity index (χ2n) is 6.83. The predicted molar refractivity (Wildman–Crippen MR) is 121 cm³/mol. The Balaban J connectivity index is 1.75. The lowest BCUT2D eigenvalue weighted by Crippen LogP contribution is -1.93. The summed E-state index contributed by atoms with van der Waals surface area (Å²) in [5.74, 6) is 0. The monoisotopic (exact) mass is 381 g/mol. The highest BCUT2D eigenvalue weighted by molar-refractivity contribution is 7.80. The lowest BCUT2D eigenvalue weighted by molar-refractivity contribution is 1.18. The first-order valence-corrected chi connectivity index (χ1v) is 10.2. The highest BCUT2D eigenvalue weighted by atomic mass is 32.1. The van der Waals surface area contributed by atoms with E-state index in [1.165, 1.54) is 47.7 Å². The summed E-state index contributed by atoms with van der Waals surface area (Å²) in [6, 6.07) is 30.5. The molecule has 0 saturated heterocycles. The van der Waals surface area contributed by atoms with Crippen molar-refractivity contribution < 1.29 is 0 Å². The molecule has 0 fully saturated rings. The number of rotatable bonds is 1. The molecule has 0 atom stereocenters. The van der Waals surface area contributed by atoms with Crippen LogP contribution in [0.15, 0.2) is 89.8 Å². The molecule has 1 nitrogen and oxygen atoms in total. The van der Waals surface area contributed by atoms with Crippen molar-refractivity contribution in [1.29, 1.82) is 0 Å². The van der Waals surface area contributed by atoms with E-state index in [1.807, 2.05) is 11.3 Å². The molecular weight excluding hydrogens is 366 g/mol. The van der Waals surface area contributed by atoms with Crippen molar-refractivity contribution in [3.63, 3.8) is 0 Å². The number of hydrogen-bond acceptors (Lipinski definition) is 2. The van der Waals surface area contributed by atoms with Gasteiger partial charge in [0.1, 0.15) is 0 Å². The SMILES string of the molecule is Sc1ccc2c(c1)c1ccccc1n2-c1ccc2sc3ccccc3c2c1. The van der Waals surface area contributed by atoms with Gasteiger partial charge in [0.15, 0.2) is 0 Å². The van der Waals surface area contributed by atoms with Crippen LogP contribution in [0.5, 0.6) is 0 Å². The number of nitrogens with zero attached hydrogens (tertiary/aromatic N) is 1. The van der Waals surface area contributed by atoms with E-state index in [1.54, 1.807) is 0 Å². The van der Waals surface area contributed by atoms with E-state index in [-0.39, 0.29) is 0 Å². The largest absolute Gasteiger partial charge is 0.309 e. The summed E-state index contributed by atoms with van der Waals surface area (Å²) in [6.45, 7) is 0. The maximum Gasteiger partial charge on any atom is 0.0541 e. The van der Waals surface area contributed by atoms with Crippen LogP contribution in [0.2, 0.25) is 0 Å². The minimum atomic E-state index is 0.990. The summed E-state index contributed by atoms with van der Waals surface area (Å²) in [5.41, 5.74) is 3.64. The third-order valence-corrected chi connectivity index (χ3v) is 6.70. The molecule has 0 spiro atoms. The van der Waals surface area contributed by atoms with E-state index in [0.29, 0.717) is 0 Å². The molecule has 0 aliphatic carbocycles. The number of thiol groups is 1. The van der Waals surface area contributed by atoms with Crippen LogP contribution in [0, 0.1) is 0 Å². The van der Waals surface area contributed by atoms with Crippen LogP contribution in [0.3, 0.4) is 0 Å². The fraction of sp³-hybridized carbons (Fsp3) is 0. The predicted octanol–water partition coefficient (Wildman–Crippen LogP) is 7.44. The van der Waals surface area contributed by atoms with Crippen molar-refractivity contribution in [2.24, 2.45) is 0 Å². The fourth-order valence-electron chi connectivity index (χ4n) is 4.09. The standard InChI is InChI=1S/C24H15NS2/c26-16-10-11-22-19(14-16)17-5-1-3-7-21(17)25(22)15-9-12-24-20(13-15)18-6-2-4-8-23(18)27-24/h1-14,26H. The Hall–Kier alpha value is -2.75. The van der Waals surface area contributed by atoms with Gasteiger partial charge >= 0.3 is 0 Å². The Morgan fingerprint density at radius 2 is 1.33 bits per heavy atom. The maximum atomic E-state index is 4.55. The topological polar surface area (TPSA) is 4.93 Å². The van der Waals surface area contributed by atoms with Crippen LogP contribution in [0.4, 0.5) is 0 Å². The minimum absolute atomic E-state index is 0.990. The Bertz CT molecular complexity index is 1490. The lowest BCUT2D eigenvalue weighted by Gasteiger charge is -2.08. The second-order valence-corrected chi connectivity index (χ2v) is 8.43. The van der Waals surface area contributed by atoms with Crippen LogP contribution in [0.25, 0.3) is 47.7 Å². The number of benzene rings is 4. The van der Waals surface area contributed by atoms with E-state index in [4.69, 9.17) is 0 Å². The molecule has 0 aliphatic rings. The Morgan fingerprint density at radius 3 is 2.26 bits per heavy atom. The van der Waals surface area contributed by atoms with E-state index in [2.05, 4.69) is 102 Å². The van der Waals surface area contributed by atoms with E-state index in [0.717, 1.165) is 4.90 Å². The van der Waals surface area contributed by atoms with Gasteiger partial charge in [0.05, 0.1) is 11.0 Å². The summed E-state index contributed by atoms with van der Waals surface area (Å²) in [5, 5.41) is 5.16. The number of fused-ring (bicyclic) bond motifs is 6. The van der Waals surface area contributed by atoms with Crippen LogP contribution in [-0.4, -0.2) is 4.57 Å². The molecule has 128 valence electrons. The third kappa shape index (κ3) is 2.19. The Kier molecular flexibility index (Phi) is 3.19. The first kappa shape index (κ1) is 15.3. The van der Waals surface area contributed by atoms with Gasteiger partial charge in [-0.3, -0.25) is 0 Å². The first-order chi connectivity index (χ1) is 13.3. The van der Waals surface area contributed by atoms with Gasteiger partial charge in [0, 0.05) is 41.5 Å². The Morgan fingerprint density at radius 1 is 0.593 bits per heavy atom. The summed E-state index contributed by atoms with van der Waals surface area (Å²) in [6.07, 6.45) is 0. The molecular formula is C24H15NS2. The van der Waals surface area contributed by atoms with Crippen molar-refractivity contribution in [2.75, 3.05) is 0 Å². The lowest BCUT2D eigenvalue weighted by atomic mass is 10.1. The van der Waals surface area contributed by atoms with Gasteiger partial charge in [-0.2, -0.15) is 0 Å². The van der Waals surface area contributed by atoms with Crippen molar-refractivity contribution in [2.45, 2.75) is 4.90 Å². The van der Waals surface area contributed by atoms with Crippen LogP contribution in [0.1, 0.15) is 0 Å². The number of thiophene rings is 1. The summed E-state index contributed by atoms with van der Waals surface area (Å²) in [4.78, 5) is 0.990. The Labute approximate surface area is 165 Å². The van der Waals surface area contributed by atoms with Gasteiger partial charge in [0.2, 0.25) is 0 Å². The summed E-state index contributed by atoms with van der Waals surface area (Å²) < 4.78 is 5.04. The van der Waals surface area contributed by atoms with Crippen LogP contribution < -0.4 is 0 Å². The highest BCUT2D eigenvalue weighted by Gasteiger charge is 2.13. The van der Waals surface area contributed by atoms with Gasteiger partial charge in [-0.25, -0.2) is 0 Å². The molecule has 0 aliphatic heterocycles. The second kappa shape index (κ2) is 5.62. The molecule has 0 unspecified atom stereocenters. The van der Waals surface area contributed by atoms with E-state index < -0.39 is 0 Å². The van der Waals surface area contributed by atoms with Gasteiger partial charge in [-0.1, -0.05) is 36.4 Å². The minimum Gasteiger partial charge on any atom is -0.309 e. The maximum absolute atomic E-state index is 4.55. The number of para-hydroxylation sites is 1. The number of hydrogen-bond donors (Lipinski definition) is 1. The zero-order valence-corrected chi connectivity index (χ0v) is 16.1. The molecule has 0 bridgehead atoms. The molecule has 0 N–H and O–H groups in total. The van der Waals surface area contributed by atoms with Crippen molar-refractivity contribution in [1.82, 2.24) is 4.57 Å². The fourth-order valence-corrected chi connectivity index (χ4v) is 5.38. The smallest absolute Gasteiger partial charge is 0.0541 e. The summed E-state index contributed by atoms with van der Waals surface area (Å²) >= 11 is 6.41. The van der Waals surface area contributed by atoms with E-state index >= 15 is 0 Å². The molecule has 2 aromatic heterocycles. The molecule has 27 heavy (non-hydrogen) atoms. The average Bonchev–Trinajstić information content (AvgIpc) is 3.23. The van der Waals surface area contributed by atoms with Gasteiger partial charge < -0.3 is 4.57 Å². The summed E-state index contributed by atoms with van der Waals surface area (Å²) in [7, 11) is 0. The molecule has 2 heterocycles. The average molecular weight is 382 g/mol. The molecule has 4 aromatic carbocycles. The molecule has 0 radical (unpaired) electrons. The van der Waals surface area contributed by atoms with E-state index in [9.17, 15) is 0 Å². The first-order valence-electron chi connectivity index (χ1n) is 8.93. The zero-order chi connectivity index (χ0) is 18.0. The van der Waals surface area contributed by atoms with Crippen LogP contribution >= 0.6 is 24.0 Å². The molecule has 6 rings (SSSR count). The van der Waals surface area contributed by atoms with Crippen LogP contribution in [-0.2, 0) is 0 Å². The van der Waals surface area contributed by atoms with Crippen molar-refractivity contribution in [3.05, 3.63) is 84.9 Å². The highest BCUT2D eigenvalue weighted by Crippen LogP contribution is 2.37. The van der Waals surface area contributed by atoms with Gasteiger partial charge in [-0.05, 0) is 48.5 Å². The van der Waals surface area contributed by atoms with Gasteiger partial charge in [-0.15, -0.1) is 24.0 Å². The molecule has 0 saturated carbocycles. The normalized spacial score (nSPS) is 11.9. The number of aromatic nitrogens is 1. The molecule has 6 aromatic rings. The quantitative estimate of drug-likeness (QED) is 0.282. The van der Waals surface area contributed by atoms with Crippen molar-refractivity contribution in [3.8, 4) is 5.69 Å². The molecule has 3 heteroatoms. The van der Waals surface area contributed by atoms with Gasteiger partial charge in [0.25, 0.3) is 0 Å².